The van der Waals surface area contributed by atoms with Gasteiger partial charge in [-0.2, -0.15) is 0 Å². The molecule has 0 aromatic rings. The van der Waals surface area contributed by atoms with E-state index < -0.39 is 0 Å². The number of ketones is 1. The van der Waals surface area contributed by atoms with E-state index in [1.54, 1.807) is 14.2 Å². The molecule has 0 N–H and O–H groups in total. The normalized spacial score (nSPS) is 45.6. The van der Waals surface area contributed by atoms with Gasteiger partial charge >= 0.3 is 5.97 Å². The van der Waals surface area contributed by atoms with Crippen LogP contribution >= 0.6 is 0 Å². The van der Waals surface area contributed by atoms with E-state index in [2.05, 4.69) is 51.1 Å². The highest BCUT2D eigenvalue weighted by atomic mass is 16.7. The molecule has 1 saturated carbocycles. The lowest BCUT2D eigenvalue weighted by atomic mass is 9.70. The highest BCUT2D eigenvalue weighted by Gasteiger charge is 2.51. The standard InChI is InChI=1S/C40H63NO9/c1-9-26-11-10-12-34(50-37-16-15-33(41(5)6)23(3)46-37)22(2)39(43)32-19-30-28(31(32)20-36(42)48-26)14-13-25-17-27(18-29(25)30)49-38-21-35(44-7)40(45-8)24(4)47-38/h13-14,19,22-31,33-35,37-38,40H,9-12,15-18,20-21H2,1-8H3/t22-,23+,24-,25+,26+,27+,28+,29+,30+,31-,33-,34-,35-,37-,38-,40-/m0/s1. The van der Waals surface area contributed by atoms with Crippen molar-refractivity contribution >= 4 is 11.8 Å². The summed E-state index contributed by atoms with van der Waals surface area (Å²) in [5, 5.41) is 0. The number of ether oxygens (including phenoxy) is 7. The quantitative estimate of drug-likeness (QED) is 0.226. The molecule has 0 aromatic carbocycles. The third kappa shape index (κ3) is 8.12. The summed E-state index contributed by atoms with van der Waals surface area (Å²) >= 11 is 0. The number of nitrogens with zero attached hydrogens (tertiary/aromatic N) is 1. The Morgan fingerprint density at radius 2 is 1.62 bits per heavy atom. The minimum atomic E-state index is -0.353. The molecule has 282 valence electrons. The first kappa shape index (κ1) is 38.1. The predicted octanol–water partition coefficient (Wildman–Crippen LogP) is 5.86. The molecule has 3 saturated heterocycles. The smallest absolute Gasteiger partial charge is 0.306 e. The molecule has 10 heteroatoms. The van der Waals surface area contributed by atoms with Crippen LogP contribution in [-0.4, -0.2) is 106 Å². The highest BCUT2D eigenvalue weighted by molar-refractivity contribution is 5.99. The van der Waals surface area contributed by atoms with Crippen molar-refractivity contribution in [3.63, 3.8) is 0 Å². The van der Waals surface area contributed by atoms with Crippen LogP contribution in [0.2, 0.25) is 0 Å². The molecular formula is C40H63NO9. The van der Waals surface area contributed by atoms with E-state index >= 15 is 0 Å². The Balaban J connectivity index is 1.19. The average Bonchev–Trinajstić information content (AvgIpc) is 3.66. The van der Waals surface area contributed by atoms with E-state index in [0.717, 1.165) is 56.9 Å². The second-order valence-electron chi connectivity index (χ2n) is 16.2. The first-order chi connectivity index (χ1) is 24.0. The van der Waals surface area contributed by atoms with Gasteiger partial charge in [-0.05, 0) is 109 Å². The largest absolute Gasteiger partial charge is 0.462 e. The van der Waals surface area contributed by atoms with E-state index in [9.17, 15) is 9.59 Å². The molecule has 0 unspecified atom stereocenters. The van der Waals surface area contributed by atoms with Gasteiger partial charge in [0.25, 0.3) is 0 Å². The minimum absolute atomic E-state index is 0.0415. The third-order valence-electron chi connectivity index (χ3n) is 12.9. The molecule has 0 aromatic heterocycles. The molecule has 3 heterocycles. The molecule has 0 bridgehead atoms. The molecule has 16 atom stereocenters. The molecular weight excluding hydrogens is 638 g/mol. The van der Waals surface area contributed by atoms with E-state index in [-0.39, 0.29) is 97.2 Å². The Morgan fingerprint density at radius 3 is 2.32 bits per heavy atom. The zero-order valence-corrected chi connectivity index (χ0v) is 31.7. The van der Waals surface area contributed by atoms with Crippen molar-refractivity contribution in [3.05, 3.63) is 23.8 Å². The number of esters is 1. The van der Waals surface area contributed by atoms with Crippen molar-refractivity contribution < 1.29 is 42.7 Å². The van der Waals surface area contributed by atoms with Crippen LogP contribution < -0.4 is 0 Å². The number of allylic oxidation sites excluding steroid dienone is 4. The zero-order chi connectivity index (χ0) is 35.7. The lowest BCUT2D eigenvalue weighted by molar-refractivity contribution is -0.266. The number of methoxy groups -OCH3 is 2. The number of carbonyl (C=O) groups is 2. The number of hydrogen-bond acceptors (Lipinski definition) is 10. The van der Waals surface area contributed by atoms with E-state index in [0.29, 0.717) is 24.3 Å². The number of cyclic esters (lactones) is 1. The summed E-state index contributed by atoms with van der Waals surface area (Å²) in [6.45, 7) is 8.22. The van der Waals surface area contributed by atoms with Crippen molar-refractivity contribution in [2.75, 3.05) is 28.3 Å². The van der Waals surface area contributed by atoms with Crippen molar-refractivity contribution in [1.29, 1.82) is 0 Å². The fourth-order valence-corrected chi connectivity index (χ4v) is 10.2. The van der Waals surface area contributed by atoms with E-state index in [4.69, 9.17) is 33.2 Å². The Morgan fingerprint density at radius 1 is 0.840 bits per heavy atom. The number of likely N-dealkylation sites (N-methyl/N-ethyl adjacent to an activating group) is 1. The zero-order valence-electron chi connectivity index (χ0n) is 31.7. The monoisotopic (exact) mass is 701 g/mol. The maximum Gasteiger partial charge on any atom is 0.306 e. The van der Waals surface area contributed by atoms with E-state index in [1.807, 2.05) is 13.8 Å². The molecule has 6 rings (SSSR count). The lowest BCUT2D eigenvalue weighted by Gasteiger charge is -2.40. The lowest BCUT2D eigenvalue weighted by Crippen LogP contribution is -2.50. The van der Waals surface area contributed by atoms with Gasteiger partial charge in [0, 0.05) is 38.5 Å². The van der Waals surface area contributed by atoms with Crippen LogP contribution in [0.4, 0.5) is 0 Å². The summed E-state index contributed by atoms with van der Waals surface area (Å²) in [5.74, 6) is 0.261. The fraction of sp³-hybridized carbons (Fsp3) is 0.850. The van der Waals surface area contributed by atoms with Crippen molar-refractivity contribution in [1.82, 2.24) is 4.90 Å². The fourth-order valence-electron chi connectivity index (χ4n) is 10.2. The van der Waals surface area contributed by atoms with Crippen LogP contribution in [-0.2, 0) is 42.7 Å². The van der Waals surface area contributed by atoms with Gasteiger partial charge in [-0.1, -0.05) is 32.1 Å². The molecule has 3 aliphatic carbocycles. The Bertz CT molecular complexity index is 1240. The summed E-state index contributed by atoms with van der Waals surface area (Å²) in [6, 6.07) is 0.347. The number of hydrogen-bond donors (Lipinski definition) is 0. The first-order valence-electron chi connectivity index (χ1n) is 19.5. The highest BCUT2D eigenvalue weighted by Crippen LogP contribution is 2.54. The predicted molar refractivity (Wildman–Crippen MR) is 188 cm³/mol. The third-order valence-corrected chi connectivity index (χ3v) is 12.9. The van der Waals surface area contributed by atoms with Gasteiger partial charge in [0.05, 0.1) is 36.9 Å². The van der Waals surface area contributed by atoms with Gasteiger partial charge in [0.1, 0.15) is 12.2 Å². The molecule has 3 aliphatic heterocycles. The van der Waals surface area contributed by atoms with Gasteiger partial charge in [-0.3, -0.25) is 9.59 Å². The first-order valence-corrected chi connectivity index (χ1v) is 19.5. The number of carbonyl (C=O) groups excluding carboxylic acids is 2. The van der Waals surface area contributed by atoms with Crippen molar-refractivity contribution in [2.45, 2.75) is 153 Å². The second-order valence-corrected chi connectivity index (χ2v) is 16.2. The molecule has 0 radical (unpaired) electrons. The van der Waals surface area contributed by atoms with Gasteiger partial charge in [0.15, 0.2) is 18.4 Å². The number of rotatable bonds is 8. The van der Waals surface area contributed by atoms with Crippen LogP contribution in [0.1, 0.15) is 91.9 Å². The summed E-state index contributed by atoms with van der Waals surface area (Å²) in [6.07, 6.45) is 13.0. The Hall–Kier alpha value is -1.66. The second kappa shape index (κ2) is 16.6. The average molecular weight is 702 g/mol. The van der Waals surface area contributed by atoms with Crippen LogP contribution in [0.5, 0.6) is 0 Å². The molecule has 50 heavy (non-hydrogen) atoms. The van der Waals surface area contributed by atoms with Crippen LogP contribution in [0.15, 0.2) is 23.8 Å². The summed E-state index contributed by atoms with van der Waals surface area (Å²) in [7, 11) is 7.59. The van der Waals surface area contributed by atoms with Gasteiger partial charge < -0.3 is 38.1 Å². The molecule has 4 fully saturated rings. The van der Waals surface area contributed by atoms with Gasteiger partial charge in [0.2, 0.25) is 0 Å². The van der Waals surface area contributed by atoms with Crippen LogP contribution in [0, 0.1) is 35.5 Å². The Labute approximate surface area is 299 Å². The van der Waals surface area contributed by atoms with E-state index in [1.165, 1.54) is 0 Å². The van der Waals surface area contributed by atoms with Crippen LogP contribution in [0.3, 0.4) is 0 Å². The topological polar surface area (TPSA) is 102 Å². The number of Topliss-reactive ketones (excluding diaryl/α,β-unsaturated/α-hetero) is 1. The maximum atomic E-state index is 14.6. The van der Waals surface area contributed by atoms with Gasteiger partial charge in [-0.25, -0.2) is 0 Å². The molecule has 6 aliphatic rings. The molecule has 0 amide bonds. The summed E-state index contributed by atoms with van der Waals surface area (Å²) in [5.41, 5.74) is 0.782. The molecule has 0 spiro atoms. The Kier molecular flexibility index (Phi) is 12.6. The number of fused-ring (bicyclic) bond motifs is 5. The molecule has 10 nitrogen and oxygen atoms in total. The van der Waals surface area contributed by atoms with Crippen molar-refractivity contribution in [3.8, 4) is 0 Å². The summed E-state index contributed by atoms with van der Waals surface area (Å²) < 4.78 is 43.4. The van der Waals surface area contributed by atoms with Gasteiger partial charge in [-0.15, -0.1) is 0 Å². The van der Waals surface area contributed by atoms with Crippen molar-refractivity contribution in [2.24, 2.45) is 35.5 Å². The maximum absolute atomic E-state index is 14.6. The van der Waals surface area contributed by atoms with Crippen LogP contribution in [0.25, 0.3) is 0 Å². The summed E-state index contributed by atoms with van der Waals surface area (Å²) in [4.78, 5) is 30.3. The minimum Gasteiger partial charge on any atom is -0.462 e. The SMILES string of the molecule is CC[C@@H]1CCC[C@H](O[C@H]2CC[C@H](N(C)C)[C@@H](C)O2)[C@H](C)C(=O)C2=C[C@@H]3[C@@H](C=C[C@@H]4C[C@@H](O[C@H]5C[C@H](OC)[C@@H](OC)[C@H](C)O5)C[C@@H]34)[C@@H]2CC(=O)O1.